The van der Waals surface area contributed by atoms with E-state index in [4.69, 9.17) is 16.6 Å². The van der Waals surface area contributed by atoms with Gasteiger partial charge in [0.25, 0.3) is 0 Å². The number of urea groups is 1. The minimum Gasteiger partial charge on any atom is -0.324 e. The zero-order chi connectivity index (χ0) is 19.8. The van der Waals surface area contributed by atoms with Gasteiger partial charge in [0, 0.05) is 42.0 Å². The van der Waals surface area contributed by atoms with Crippen LogP contribution in [0.25, 0.3) is 11.0 Å². The molecule has 1 aromatic carbocycles. The van der Waals surface area contributed by atoms with E-state index in [0.717, 1.165) is 34.5 Å². The number of halogens is 1. The van der Waals surface area contributed by atoms with E-state index in [1.165, 1.54) is 0 Å². The number of hydrogen-bond acceptors (Lipinski definition) is 3. The lowest BCUT2D eigenvalue weighted by Crippen LogP contribution is -2.33. The summed E-state index contributed by atoms with van der Waals surface area (Å²) in [7, 11) is 0. The Balaban J connectivity index is 1.53. The van der Waals surface area contributed by atoms with Crippen LogP contribution in [-0.4, -0.2) is 38.6 Å². The number of imidazole rings is 1. The molecule has 1 unspecified atom stereocenters. The number of carbonyl (C=O) groups is 1. The van der Waals surface area contributed by atoms with E-state index in [2.05, 4.69) is 28.7 Å². The van der Waals surface area contributed by atoms with Gasteiger partial charge in [-0.1, -0.05) is 11.6 Å². The molecular weight excluding hydrogens is 374 g/mol. The van der Waals surface area contributed by atoms with Gasteiger partial charge in [0.1, 0.15) is 5.82 Å². The molecule has 3 aromatic rings. The van der Waals surface area contributed by atoms with Gasteiger partial charge >= 0.3 is 6.03 Å². The highest BCUT2D eigenvalue weighted by molar-refractivity contribution is 6.30. The van der Waals surface area contributed by atoms with Crippen LogP contribution < -0.4 is 5.32 Å². The van der Waals surface area contributed by atoms with Crippen molar-refractivity contribution in [2.45, 2.75) is 39.2 Å². The average Bonchev–Trinajstić information content (AvgIpc) is 3.28. The van der Waals surface area contributed by atoms with Crippen LogP contribution in [0.2, 0.25) is 5.02 Å². The Bertz CT molecular complexity index is 1030. The van der Waals surface area contributed by atoms with Gasteiger partial charge in [0.15, 0.2) is 0 Å². The van der Waals surface area contributed by atoms with Crippen LogP contribution in [0.5, 0.6) is 0 Å². The highest BCUT2D eigenvalue weighted by Gasteiger charge is 2.31. The Morgan fingerprint density at radius 1 is 1.32 bits per heavy atom. The largest absolute Gasteiger partial charge is 0.324 e. The lowest BCUT2D eigenvalue weighted by molar-refractivity contribution is 0.222. The fourth-order valence-electron chi connectivity index (χ4n) is 3.91. The number of nitrogens with zero attached hydrogens (tertiary/aromatic N) is 4. The Labute approximate surface area is 169 Å². The average molecular weight is 398 g/mol. The standard InChI is InChI=1S/C21H24ClN5O/c1-13(2)27-19-11-23-8-6-18(19)24-20(27)15-7-9-26(12-15)21(28)25-17-5-4-16(22)10-14(17)3/h4-6,8,10-11,13,15H,7,9,12H2,1-3H3,(H,25,28). The molecule has 1 aliphatic rings. The topological polar surface area (TPSA) is 63.1 Å². The molecule has 4 rings (SSSR count). The fourth-order valence-corrected chi connectivity index (χ4v) is 4.13. The van der Waals surface area contributed by atoms with Crippen LogP contribution in [0.4, 0.5) is 10.5 Å². The molecule has 3 heterocycles. The summed E-state index contributed by atoms with van der Waals surface area (Å²) < 4.78 is 2.25. The minimum absolute atomic E-state index is 0.0817. The van der Waals surface area contributed by atoms with Crippen molar-refractivity contribution in [2.75, 3.05) is 18.4 Å². The molecular formula is C21H24ClN5O. The summed E-state index contributed by atoms with van der Waals surface area (Å²) >= 11 is 6.00. The first-order valence-corrected chi connectivity index (χ1v) is 9.95. The molecule has 0 bridgehead atoms. The van der Waals surface area contributed by atoms with Crippen molar-refractivity contribution in [3.63, 3.8) is 0 Å². The van der Waals surface area contributed by atoms with Gasteiger partial charge in [-0.2, -0.15) is 0 Å². The summed E-state index contributed by atoms with van der Waals surface area (Å²) in [5.74, 6) is 1.25. The van der Waals surface area contributed by atoms with Crippen molar-refractivity contribution in [1.82, 2.24) is 19.4 Å². The summed E-state index contributed by atoms with van der Waals surface area (Å²) in [6, 6.07) is 7.62. The number of amides is 2. The van der Waals surface area contributed by atoms with E-state index >= 15 is 0 Å². The molecule has 1 N–H and O–H groups in total. The Morgan fingerprint density at radius 2 is 2.14 bits per heavy atom. The summed E-state index contributed by atoms with van der Waals surface area (Å²) in [5, 5.41) is 3.67. The molecule has 0 saturated carbocycles. The lowest BCUT2D eigenvalue weighted by Gasteiger charge is -2.19. The number of carbonyl (C=O) groups excluding carboxylic acids is 1. The van der Waals surface area contributed by atoms with E-state index in [1.54, 1.807) is 12.3 Å². The van der Waals surface area contributed by atoms with Crippen molar-refractivity contribution in [1.29, 1.82) is 0 Å². The number of rotatable bonds is 3. The summed E-state index contributed by atoms with van der Waals surface area (Å²) in [6.07, 6.45) is 4.54. The Morgan fingerprint density at radius 3 is 2.89 bits per heavy atom. The highest BCUT2D eigenvalue weighted by atomic mass is 35.5. The first-order valence-electron chi connectivity index (χ1n) is 9.58. The summed E-state index contributed by atoms with van der Waals surface area (Å²) in [6.45, 7) is 7.61. The molecule has 1 saturated heterocycles. The van der Waals surface area contributed by atoms with E-state index < -0.39 is 0 Å². The van der Waals surface area contributed by atoms with Crippen molar-refractivity contribution < 1.29 is 4.79 Å². The number of benzene rings is 1. The molecule has 0 radical (unpaired) electrons. The number of pyridine rings is 1. The van der Waals surface area contributed by atoms with Crippen LogP contribution in [0, 0.1) is 6.92 Å². The number of anilines is 1. The monoisotopic (exact) mass is 397 g/mol. The van der Waals surface area contributed by atoms with E-state index in [-0.39, 0.29) is 18.0 Å². The third-order valence-corrected chi connectivity index (χ3v) is 5.54. The summed E-state index contributed by atoms with van der Waals surface area (Å²) in [4.78, 5) is 23.7. The maximum Gasteiger partial charge on any atom is 0.321 e. The number of aromatic nitrogens is 3. The van der Waals surface area contributed by atoms with Crippen molar-refractivity contribution in [3.8, 4) is 0 Å². The second-order valence-electron chi connectivity index (χ2n) is 7.62. The molecule has 0 aliphatic carbocycles. The van der Waals surface area contributed by atoms with Gasteiger partial charge in [-0.15, -0.1) is 0 Å². The number of aryl methyl sites for hydroxylation is 1. The predicted octanol–water partition coefficient (Wildman–Crippen LogP) is 5.00. The zero-order valence-corrected chi connectivity index (χ0v) is 17.1. The van der Waals surface area contributed by atoms with Crippen LogP contribution in [-0.2, 0) is 0 Å². The predicted molar refractivity (Wildman–Crippen MR) is 112 cm³/mol. The van der Waals surface area contributed by atoms with Gasteiger partial charge in [0.05, 0.1) is 17.2 Å². The van der Waals surface area contributed by atoms with Gasteiger partial charge in [-0.3, -0.25) is 4.98 Å². The number of hydrogen-bond donors (Lipinski definition) is 1. The zero-order valence-electron chi connectivity index (χ0n) is 16.3. The second kappa shape index (κ2) is 7.43. The SMILES string of the molecule is Cc1cc(Cl)ccc1NC(=O)N1CCC(c2nc3ccncc3n2C(C)C)C1. The van der Waals surface area contributed by atoms with Crippen molar-refractivity contribution in [3.05, 3.63) is 53.1 Å². The Kier molecular flexibility index (Phi) is 4.98. The quantitative estimate of drug-likeness (QED) is 0.676. The van der Waals surface area contributed by atoms with Gasteiger partial charge in [0.2, 0.25) is 0 Å². The maximum atomic E-state index is 12.8. The molecule has 2 aromatic heterocycles. The molecule has 0 spiro atoms. The van der Waals surface area contributed by atoms with Crippen molar-refractivity contribution in [2.24, 2.45) is 0 Å². The van der Waals surface area contributed by atoms with Gasteiger partial charge < -0.3 is 14.8 Å². The van der Waals surface area contributed by atoms with Crippen LogP contribution in [0.15, 0.2) is 36.7 Å². The molecule has 146 valence electrons. The molecule has 2 amide bonds. The lowest BCUT2D eigenvalue weighted by atomic mass is 10.1. The first kappa shape index (κ1) is 18.7. The molecule has 28 heavy (non-hydrogen) atoms. The van der Waals surface area contributed by atoms with Crippen molar-refractivity contribution >= 4 is 34.4 Å². The maximum absolute atomic E-state index is 12.8. The number of nitrogens with one attached hydrogen (secondary N) is 1. The van der Waals surface area contributed by atoms with Crippen LogP contribution in [0.1, 0.15) is 43.6 Å². The third-order valence-electron chi connectivity index (χ3n) is 5.31. The summed E-state index contributed by atoms with van der Waals surface area (Å²) in [5.41, 5.74) is 3.75. The molecule has 1 fully saturated rings. The number of fused-ring (bicyclic) bond motifs is 1. The third kappa shape index (κ3) is 3.44. The second-order valence-corrected chi connectivity index (χ2v) is 8.06. The van der Waals surface area contributed by atoms with Gasteiger partial charge in [-0.25, -0.2) is 9.78 Å². The normalized spacial score (nSPS) is 16.9. The Hall–Kier alpha value is -2.60. The highest BCUT2D eigenvalue weighted by Crippen LogP contribution is 2.32. The molecule has 6 nitrogen and oxygen atoms in total. The fraction of sp³-hybridized carbons (Fsp3) is 0.381. The molecule has 1 aliphatic heterocycles. The van der Waals surface area contributed by atoms with Gasteiger partial charge in [-0.05, 0) is 57.0 Å². The molecule has 1 atom stereocenters. The van der Waals surface area contributed by atoms with Crippen LogP contribution >= 0.6 is 11.6 Å². The molecule has 7 heteroatoms. The van der Waals surface area contributed by atoms with E-state index in [0.29, 0.717) is 18.1 Å². The first-order chi connectivity index (χ1) is 13.4. The number of likely N-dealkylation sites (tertiary alicyclic amines) is 1. The minimum atomic E-state index is -0.0817. The van der Waals surface area contributed by atoms with E-state index in [9.17, 15) is 4.79 Å². The smallest absolute Gasteiger partial charge is 0.321 e. The van der Waals surface area contributed by atoms with E-state index in [1.807, 2.05) is 36.2 Å². The van der Waals surface area contributed by atoms with Crippen LogP contribution in [0.3, 0.4) is 0 Å².